The van der Waals surface area contributed by atoms with E-state index in [2.05, 4.69) is 10.2 Å². The maximum Gasteiger partial charge on any atom is 0.245 e. The highest BCUT2D eigenvalue weighted by Crippen LogP contribution is 2.25. The molecule has 2 aliphatic rings. The summed E-state index contributed by atoms with van der Waals surface area (Å²) in [5.41, 5.74) is 8.72. The maximum atomic E-state index is 12.3. The van der Waals surface area contributed by atoms with Crippen molar-refractivity contribution in [2.45, 2.75) is 31.8 Å². The Hall–Kier alpha value is -1.75. The molecule has 5 nitrogen and oxygen atoms in total. The number of aryl methyl sites for hydroxylation is 1. The van der Waals surface area contributed by atoms with Gasteiger partial charge in [0.05, 0.1) is 13.2 Å². The lowest BCUT2D eigenvalue weighted by Crippen LogP contribution is -2.54. The Labute approximate surface area is 119 Å². The molecule has 1 aromatic carbocycles. The second kappa shape index (κ2) is 5.32. The number of anilines is 2. The van der Waals surface area contributed by atoms with Gasteiger partial charge in [-0.25, -0.2) is 0 Å². The van der Waals surface area contributed by atoms with Gasteiger partial charge in [0, 0.05) is 24.0 Å². The van der Waals surface area contributed by atoms with Gasteiger partial charge in [0.25, 0.3) is 0 Å². The summed E-state index contributed by atoms with van der Waals surface area (Å²) >= 11 is 0. The van der Waals surface area contributed by atoms with E-state index in [1.165, 1.54) is 0 Å². The molecule has 1 atom stereocenters. The lowest BCUT2D eigenvalue weighted by Gasteiger charge is -2.36. The van der Waals surface area contributed by atoms with E-state index in [-0.39, 0.29) is 11.9 Å². The Morgan fingerprint density at radius 3 is 2.95 bits per heavy atom. The third-order valence-electron chi connectivity index (χ3n) is 3.94. The van der Waals surface area contributed by atoms with Crippen LogP contribution in [0.3, 0.4) is 0 Å². The second-order valence-corrected chi connectivity index (χ2v) is 5.61. The van der Waals surface area contributed by atoms with Gasteiger partial charge in [-0.05, 0) is 43.5 Å². The monoisotopic (exact) mass is 275 g/mol. The summed E-state index contributed by atoms with van der Waals surface area (Å²) in [6.07, 6.45) is 2.20. The Balaban J connectivity index is 1.79. The van der Waals surface area contributed by atoms with Gasteiger partial charge < -0.3 is 20.7 Å². The summed E-state index contributed by atoms with van der Waals surface area (Å²) in [5, 5.41) is 3.06. The molecule has 0 spiro atoms. The Bertz CT molecular complexity index is 514. The Morgan fingerprint density at radius 1 is 1.45 bits per heavy atom. The number of rotatable bonds is 3. The molecule has 3 N–H and O–H groups in total. The standard InChI is InChI=1S/C15H21N3O2/c1-10-8-12(4-5-13(10)16)18-6-7-20-9-14(18)15(19)17-11-2-3-11/h4-5,8,11,14H,2-3,6-7,9,16H2,1H3,(H,17,19). The van der Waals surface area contributed by atoms with Crippen molar-refractivity contribution in [2.75, 3.05) is 30.4 Å². The number of amides is 1. The zero-order valence-electron chi connectivity index (χ0n) is 11.8. The van der Waals surface area contributed by atoms with E-state index < -0.39 is 0 Å². The molecule has 0 radical (unpaired) electrons. The smallest absolute Gasteiger partial charge is 0.245 e. The first-order valence-electron chi connectivity index (χ1n) is 7.16. The summed E-state index contributed by atoms with van der Waals surface area (Å²) in [6.45, 7) is 3.81. The molecule has 1 heterocycles. The number of morpholine rings is 1. The van der Waals surface area contributed by atoms with Crippen molar-refractivity contribution < 1.29 is 9.53 Å². The number of nitrogens with one attached hydrogen (secondary N) is 1. The number of carbonyl (C=O) groups is 1. The van der Waals surface area contributed by atoms with Gasteiger partial charge in [-0.1, -0.05) is 0 Å². The van der Waals surface area contributed by atoms with Crippen LogP contribution >= 0.6 is 0 Å². The van der Waals surface area contributed by atoms with Gasteiger partial charge in [0.15, 0.2) is 0 Å². The molecule has 1 unspecified atom stereocenters. The molecule has 1 amide bonds. The fourth-order valence-corrected chi connectivity index (χ4v) is 2.49. The fraction of sp³-hybridized carbons (Fsp3) is 0.533. The van der Waals surface area contributed by atoms with Crippen molar-refractivity contribution in [1.82, 2.24) is 5.32 Å². The van der Waals surface area contributed by atoms with E-state index in [1.54, 1.807) is 0 Å². The van der Waals surface area contributed by atoms with E-state index in [0.717, 1.165) is 36.3 Å². The number of carbonyl (C=O) groups excluding carboxylic acids is 1. The number of hydrogen-bond donors (Lipinski definition) is 2. The Morgan fingerprint density at radius 2 is 2.25 bits per heavy atom. The normalized spacial score (nSPS) is 22.6. The average molecular weight is 275 g/mol. The lowest BCUT2D eigenvalue weighted by atomic mass is 10.1. The average Bonchev–Trinajstić information content (AvgIpc) is 3.26. The number of nitrogen functional groups attached to an aromatic ring is 1. The zero-order valence-corrected chi connectivity index (χ0v) is 11.8. The van der Waals surface area contributed by atoms with Crippen LogP contribution in [-0.2, 0) is 9.53 Å². The van der Waals surface area contributed by atoms with Gasteiger partial charge in [-0.3, -0.25) is 4.79 Å². The molecule has 2 fully saturated rings. The fourth-order valence-electron chi connectivity index (χ4n) is 2.49. The van der Waals surface area contributed by atoms with Crippen LogP contribution in [0.2, 0.25) is 0 Å². The van der Waals surface area contributed by atoms with Gasteiger partial charge >= 0.3 is 0 Å². The minimum atomic E-state index is -0.243. The third-order valence-corrected chi connectivity index (χ3v) is 3.94. The van der Waals surface area contributed by atoms with E-state index in [1.807, 2.05) is 25.1 Å². The van der Waals surface area contributed by atoms with Crippen LogP contribution in [-0.4, -0.2) is 37.7 Å². The van der Waals surface area contributed by atoms with Crippen LogP contribution in [0.25, 0.3) is 0 Å². The summed E-state index contributed by atoms with van der Waals surface area (Å²) in [7, 11) is 0. The van der Waals surface area contributed by atoms with Crippen molar-refractivity contribution in [3.8, 4) is 0 Å². The predicted octanol–water partition coefficient (Wildman–Crippen LogP) is 1.06. The van der Waals surface area contributed by atoms with Gasteiger partial charge in [-0.2, -0.15) is 0 Å². The molecule has 1 aromatic rings. The van der Waals surface area contributed by atoms with Gasteiger partial charge in [0.1, 0.15) is 6.04 Å². The highest BCUT2D eigenvalue weighted by Gasteiger charge is 2.33. The largest absolute Gasteiger partial charge is 0.399 e. The van der Waals surface area contributed by atoms with Gasteiger partial charge in [-0.15, -0.1) is 0 Å². The summed E-state index contributed by atoms with van der Waals surface area (Å²) < 4.78 is 5.48. The van der Waals surface area contributed by atoms with Crippen molar-refractivity contribution in [3.05, 3.63) is 23.8 Å². The molecule has 1 aliphatic heterocycles. The number of nitrogens with two attached hydrogens (primary N) is 1. The number of benzene rings is 1. The minimum Gasteiger partial charge on any atom is -0.399 e. The molecule has 1 saturated carbocycles. The van der Waals surface area contributed by atoms with Crippen LogP contribution in [0.1, 0.15) is 18.4 Å². The van der Waals surface area contributed by atoms with E-state index in [0.29, 0.717) is 19.3 Å². The molecule has 0 bridgehead atoms. The third kappa shape index (κ3) is 2.72. The predicted molar refractivity (Wildman–Crippen MR) is 78.7 cm³/mol. The second-order valence-electron chi connectivity index (χ2n) is 5.61. The van der Waals surface area contributed by atoms with Crippen LogP contribution in [0, 0.1) is 6.92 Å². The van der Waals surface area contributed by atoms with Crippen molar-refractivity contribution in [3.63, 3.8) is 0 Å². The number of ether oxygens (including phenoxy) is 1. The molecular weight excluding hydrogens is 254 g/mol. The molecule has 1 saturated heterocycles. The van der Waals surface area contributed by atoms with Crippen LogP contribution in [0.4, 0.5) is 11.4 Å². The zero-order chi connectivity index (χ0) is 14.1. The van der Waals surface area contributed by atoms with E-state index in [9.17, 15) is 4.79 Å². The van der Waals surface area contributed by atoms with Crippen LogP contribution < -0.4 is 16.0 Å². The van der Waals surface area contributed by atoms with Gasteiger partial charge in [0.2, 0.25) is 5.91 Å². The SMILES string of the molecule is Cc1cc(N2CCOCC2C(=O)NC2CC2)ccc1N. The molecule has 3 rings (SSSR count). The topological polar surface area (TPSA) is 67.6 Å². The number of hydrogen-bond acceptors (Lipinski definition) is 4. The molecule has 5 heteroatoms. The van der Waals surface area contributed by atoms with Crippen LogP contribution in [0.15, 0.2) is 18.2 Å². The molecule has 20 heavy (non-hydrogen) atoms. The highest BCUT2D eigenvalue weighted by molar-refractivity contribution is 5.86. The first kappa shape index (κ1) is 13.2. The van der Waals surface area contributed by atoms with Crippen molar-refractivity contribution in [1.29, 1.82) is 0 Å². The number of nitrogens with zero attached hydrogens (tertiary/aromatic N) is 1. The Kier molecular flexibility index (Phi) is 3.53. The van der Waals surface area contributed by atoms with Crippen molar-refractivity contribution in [2.24, 2.45) is 0 Å². The van der Waals surface area contributed by atoms with Crippen LogP contribution in [0.5, 0.6) is 0 Å². The first-order valence-corrected chi connectivity index (χ1v) is 7.16. The molecule has 1 aliphatic carbocycles. The quantitative estimate of drug-likeness (QED) is 0.810. The molecule has 0 aromatic heterocycles. The lowest BCUT2D eigenvalue weighted by molar-refractivity contribution is -0.124. The molecular formula is C15H21N3O2. The first-order chi connectivity index (χ1) is 9.65. The summed E-state index contributed by atoms with van der Waals surface area (Å²) in [5.74, 6) is 0.0710. The van der Waals surface area contributed by atoms with Crippen molar-refractivity contribution >= 4 is 17.3 Å². The summed E-state index contributed by atoms with van der Waals surface area (Å²) in [6, 6.07) is 6.05. The van der Waals surface area contributed by atoms with E-state index >= 15 is 0 Å². The summed E-state index contributed by atoms with van der Waals surface area (Å²) in [4.78, 5) is 14.4. The van der Waals surface area contributed by atoms with E-state index in [4.69, 9.17) is 10.5 Å². The minimum absolute atomic E-state index is 0.0710. The highest BCUT2D eigenvalue weighted by atomic mass is 16.5. The molecule has 108 valence electrons. The maximum absolute atomic E-state index is 12.3.